The number of nitrogens with one attached hydrogen (secondary N) is 1. The van der Waals surface area contributed by atoms with Crippen molar-refractivity contribution in [1.29, 1.82) is 0 Å². The van der Waals surface area contributed by atoms with Crippen LogP contribution in [0.3, 0.4) is 0 Å². The Morgan fingerprint density at radius 1 is 0.926 bits per heavy atom. The molecular weight excluding hydrogens is 340 g/mol. The van der Waals surface area contributed by atoms with Crippen molar-refractivity contribution in [2.24, 2.45) is 0 Å². The molecule has 140 valence electrons. The molecule has 1 N–H and O–H groups in total. The zero-order chi connectivity index (χ0) is 18.8. The van der Waals surface area contributed by atoms with E-state index in [-0.39, 0.29) is 11.9 Å². The average molecular weight is 364 g/mol. The zero-order valence-corrected chi connectivity index (χ0v) is 15.5. The molecule has 0 unspecified atom stereocenters. The molecule has 0 atom stereocenters. The monoisotopic (exact) mass is 364 g/mol. The predicted octanol–water partition coefficient (Wildman–Crippen LogP) is 2.49. The molecule has 0 bridgehead atoms. The highest BCUT2D eigenvalue weighted by Crippen LogP contribution is 2.21. The van der Waals surface area contributed by atoms with Crippen molar-refractivity contribution < 1.29 is 9.59 Å². The van der Waals surface area contributed by atoms with Crippen LogP contribution < -0.4 is 15.1 Å². The van der Waals surface area contributed by atoms with Crippen LogP contribution in [0.5, 0.6) is 0 Å². The maximum atomic E-state index is 12.8. The Bertz CT molecular complexity index is 842. The van der Waals surface area contributed by atoms with Crippen LogP contribution >= 0.6 is 0 Å². The minimum Gasteiger partial charge on any atom is -0.368 e. The number of aryl methyl sites for hydroxylation is 1. The first-order valence-corrected chi connectivity index (χ1v) is 9.38. The van der Waals surface area contributed by atoms with Crippen molar-refractivity contribution in [3.8, 4) is 0 Å². The number of rotatable bonds is 3. The summed E-state index contributed by atoms with van der Waals surface area (Å²) in [5.74, 6) is 0.0521. The number of urea groups is 1. The minimum absolute atomic E-state index is 0.0521. The van der Waals surface area contributed by atoms with E-state index in [4.69, 9.17) is 0 Å². The van der Waals surface area contributed by atoms with Crippen molar-refractivity contribution >= 4 is 23.3 Å². The molecule has 6 nitrogen and oxygen atoms in total. The van der Waals surface area contributed by atoms with Crippen molar-refractivity contribution in [3.05, 3.63) is 59.7 Å². The topological polar surface area (TPSA) is 55.9 Å². The number of amides is 3. The van der Waals surface area contributed by atoms with Crippen molar-refractivity contribution in [2.75, 3.05) is 49.1 Å². The Balaban J connectivity index is 1.38. The van der Waals surface area contributed by atoms with E-state index in [0.29, 0.717) is 31.7 Å². The van der Waals surface area contributed by atoms with Gasteiger partial charge in [-0.05, 0) is 48.9 Å². The molecule has 2 saturated heterocycles. The van der Waals surface area contributed by atoms with Crippen LogP contribution in [-0.2, 0) is 0 Å². The molecule has 2 aliphatic rings. The zero-order valence-electron chi connectivity index (χ0n) is 15.5. The number of carbonyl (C=O) groups is 2. The van der Waals surface area contributed by atoms with Crippen LogP contribution in [0.2, 0.25) is 0 Å². The molecule has 0 aromatic heterocycles. The molecule has 2 aliphatic heterocycles. The molecular formula is C21H24N4O2. The summed E-state index contributed by atoms with van der Waals surface area (Å²) in [6.45, 7) is 6.51. The first kappa shape index (κ1) is 17.4. The number of piperazine rings is 1. The number of benzene rings is 2. The third-order valence-electron chi connectivity index (χ3n) is 5.22. The van der Waals surface area contributed by atoms with Gasteiger partial charge in [0.2, 0.25) is 0 Å². The van der Waals surface area contributed by atoms with Gasteiger partial charge in [0.05, 0.1) is 0 Å². The standard InChI is InChI=1S/C21H24N4O2/c1-16-3-2-4-19(15-16)23-11-13-24(14-12-23)20(26)17-5-7-18(8-6-17)25-10-9-22-21(25)27/h2-8,15H,9-14H2,1H3,(H,22,27). The maximum absolute atomic E-state index is 12.8. The van der Waals surface area contributed by atoms with Gasteiger partial charge in [-0.1, -0.05) is 12.1 Å². The number of nitrogens with zero attached hydrogens (tertiary/aromatic N) is 3. The molecule has 0 aliphatic carbocycles. The summed E-state index contributed by atoms with van der Waals surface area (Å²) in [4.78, 5) is 30.5. The molecule has 0 spiro atoms. The van der Waals surface area contributed by atoms with Crippen LogP contribution in [-0.4, -0.2) is 56.1 Å². The van der Waals surface area contributed by atoms with E-state index in [1.54, 1.807) is 4.90 Å². The smallest absolute Gasteiger partial charge is 0.321 e. The number of hydrogen-bond donors (Lipinski definition) is 1. The van der Waals surface area contributed by atoms with Crippen LogP contribution in [0, 0.1) is 6.92 Å². The van der Waals surface area contributed by atoms with Crippen LogP contribution in [0.25, 0.3) is 0 Å². The van der Waals surface area contributed by atoms with Gasteiger partial charge < -0.3 is 15.1 Å². The lowest BCUT2D eigenvalue weighted by Crippen LogP contribution is -2.48. The Hall–Kier alpha value is -3.02. The normalized spacial score (nSPS) is 17.2. The third-order valence-corrected chi connectivity index (χ3v) is 5.22. The van der Waals surface area contributed by atoms with Gasteiger partial charge in [-0.2, -0.15) is 0 Å². The summed E-state index contributed by atoms with van der Waals surface area (Å²) in [5, 5.41) is 2.79. The Kier molecular flexibility index (Phi) is 4.71. The SMILES string of the molecule is Cc1cccc(N2CCN(C(=O)c3ccc(N4CCNC4=O)cc3)CC2)c1. The van der Waals surface area contributed by atoms with Gasteiger partial charge in [-0.25, -0.2) is 4.79 Å². The largest absolute Gasteiger partial charge is 0.368 e. The van der Waals surface area contributed by atoms with Gasteiger partial charge >= 0.3 is 6.03 Å². The fourth-order valence-corrected chi connectivity index (χ4v) is 3.68. The Morgan fingerprint density at radius 2 is 1.67 bits per heavy atom. The summed E-state index contributed by atoms with van der Waals surface area (Å²) in [6.07, 6.45) is 0. The van der Waals surface area contributed by atoms with Crippen molar-refractivity contribution in [3.63, 3.8) is 0 Å². The quantitative estimate of drug-likeness (QED) is 0.910. The van der Waals surface area contributed by atoms with E-state index in [2.05, 4.69) is 41.4 Å². The molecule has 2 aromatic rings. The van der Waals surface area contributed by atoms with E-state index < -0.39 is 0 Å². The fourth-order valence-electron chi connectivity index (χ4n) is 3.68. The molecule has 2 heterocycles. The summed E-state index contributed by atoms with van der Waals surface area (Å²) >= 11 is 0. The first-order chi connectivity index (χ1) is 13.1. The molecule has 27 heavy (non-hydrogen) atoms. The van der Waals surface area contributed by atoms with Gasteiger partial charge in [0, 0.05) is 56.2 Å². The van der Waals surface area contributed by atoms with Gasteiger partial charge in [-0.15, -0.1) is 0 Å². The summed E-state index contributed by atoms with van der Waals surface area (Å²) in [5.41, 5.74) is 3.96. The van der Waals surface area contributed by atoms with Gasteiger partial charge in [0.25, 0.3) is 5.91 Å². The van der Waals surface area contributed by atoms with Crippen LogP contribution in [0.15, 0.2) is 48.5 Å². The lowest BCUT2D eigenvalue weighted by Gasteiger charge is -2.36. The molecule has 6 heteroatoms. The van der Waals surface area contributed by atoms with Crippen LogP contribution in [0.1, 0.15) is 15.9 Å². The highest BCUT2D eigenvalue weighted by molar-refractivity contribution is 5.97. The maximum Gasteiger partial charge on any atom is 0.321 e. The van der Waals surface area contributed by atoms with Gasteiger partial charge in [0.1, 0.15) is 0 Å². The first-order valence-electron chi connectivity index (χ1n) is 9.38. The van der Waals surface area contributed by atoms with Crippen molar-refractivity contribution in [1.82, 2.24) is 10.2 Å². The molecule has 0 radical (unpaired) electrons. The van der Waals surface area contributed by atoms with E-state index in [1.165, 1.54) is 11.3 Å². The van der Waals surface area contributed by atoms with Crippen molar-refractivity contribution in [2.45, 2.75) is 6.92 Å². The Morgan fingerprint density at radius 3 is 2.30 bits per heavy atom. The summed E-state index contributed by atoms with van der Waals surface area (Å²) < 4.78 is 0. The average Bonchev–Trinajstić information content (AvgIpc) is 3.14. The molecule has 4 rings (SSSR count). The molecule has 3 amide bonds. The fraction of sp³-hybridized carbons (Fsp3) is 0.333. The van der Waals surface area contributed by atoms with E-state index in [9.17, 15) is 9.59 Å². The molecule has 2 aromatic carbocycles. The van der Waals surface area contributed by atoms with Gasteiger partial charge in [-0.3, -0.25) is 9.69 Å². The molecule has 0 saturated carbocycles. The summed E-state index contributed by atoms with van der Waals surface area (Å²) in [7, 11) is 0. The second kappa shape index (κ2) is 7.31. The van der Waals surface area contributed by atoms with E-state index in [1.807, 2.05) is 29.2 Å². The highest BCUT2D eigenvalue weighted by atomic mass is 16.2. The Labute approximate surface area is 159 Å². The number of anilines is 2. The number of carbonyl (C=O) groups excluding carboxylic acids is 2. The second-order valence-corrected chi connectivity index (χ2v) is 7.05. The lowest BCUT2D eigenvalue weighted by atomic mass is 10.1. The lowest BCUT2D eigenvalue weighted by molar-refractivity contribution is 0.0747. The van der Waals surface area contributed by atoms with E-state index in [0.717, 1.165) is 18.8 Å². The third kappa shape index (κ3) is 3.60. The predicted molar refractivity (Wildman–Crippen MR) is 106 cm³/mol. The number of hydrogen-bond acceptors (Lipinski definition) is 3. The second-order valence-electron chi connectivity index (χ2n) is 7.05. The molecule has 2 fully saturated rings. The van der Waals surface area contributed by atoms with Crippen LogP contribution in [0.4, 0.5) is 16.2 Å². The highest BCUT2D eigenvalue weighted by Gasteiger charge is 2.24. The summed E-state index contributed by atoms with van der Waals surface area (Å²) in [6, 6.07) is 15.7. The minimum atomic E-state index is -0.0821. The van der Waals surface area contributed by atoms with E-state index >= 15 is 0 Å². The van der Waals surface area contributed by atoms with Gasteiger partial charge in [0.15, 0.2) is 0 Å².